The molecule has 1 aliphatic rings. The minimum absolute atomic E-state index is 0.558. The summed E-state index contributed by atoms with van der Waals surface area (Å²) in [5.41, 5.74) is 1.13. The Morgan fingerprint density at radius 1 is 1.33 bits per heavy atom. The van der Waals surface area contributed by atoms with Crippen molar-refractivity contribution in [1.82, 2.24) is 9.97 Å². The molecule has 0 bridgehead atoms. The van der Waals surface area contributed by atoms with E-state index in [-0.39, 0.29) is 0 Å². The van der Waals surface area contributed by atoms with Gasteiger partial charge in [0.2, 0.25) is 0 Å². The van der Waals surface area contributed by atoms with Gasteiger partial charge < -0.3 is 10.1 Å². The van der Waals surface area contributed by atoms with Gasteiger partial charge in [-0.1, -0.05) is 11.8 Å². The van der Waals surface area contributed by atoms with Crippen LogP contribution >= 0.6 is 11.8 Å². The first-order chi connectivity index (χ1) is 7.20. The lowest BCUT2D eigenvalue weighted by Crippen LogP contribution is -2.30. The van der Waals surface area contributed by atoms with Gasteiger partial charge >= 0.3 is 0 Å². The zero-order valence-electron chi connectivity index (χ0n) is 9.20. The van der Waals surface area contributed by atoms with Crippen LogP contribution in [0.2, 0.25) is 0 Å². The number of ether oxygens (including phenoxy) is 1. The minimum Gasteiger partial charge on any atom is -0.379 e. The van der Waals surface area contributed by atoms with Crippen molar-refractivity contribution in [2.75, 3.05) is 25.6 Å². The van der Waals surface area contributed by atoms with Gasteiger partial charge in [-0.3, -0.25) is 0 Å². The fraction of sp³-hybridized carbons (Fsp3) is 0.600. The predicted octanol–water partition coefficient (Wildman–Crippen LogP) is 1.63. The lowest BCUT2D eigenvalue weighted by atomic mass is 10.3. The molecule has 0 spiro atoms. The van der Waals surface area contributed by atoms with Crippen molar-refractivity contribution in [3.05, 3.63) is 11.4 Å². The molecule has 0 aromatic carbocycles. The Kier molecular flexibility index (Phi) is 3.11. The van der Waals surface area contributed by atoms with E-state index >= 15 is 0 Å². The molecule has 0 radical (unpaired) electrons. The highest BCUT2D eigenvalue weighted by Gasteiger charge is 2.22. The van der Waals surface area contributed by atoms with Crippen molar-refractivity contribution in [3.63, 3.8) is 0 Å². The Hall–Kier alpha value is -0.810. The Morgan fingerprint density at radius 2 is 2.07 bits per heavy atom. The monoisotopic (exact) mass is 225 g/mol. The second-order valence-electron chi connectivity index (χ2n) is 3.58. The highest BCUT2D eigenvalue weighted by atomic mass is 32.2. The molecule has 0 unspecified atom stereocenters. The Balaban J connectivity index is 2.24. The number of nitrogens with one attached hydrogen (secondary N) is 1. The molecule has 0 aliphatic carbocycles. The molecule has 1 aliphatic heterocycles. The van der Waals surface area contributed by atoms with Gasteiger partial charge in [0, 0.05) is 12.6 Å². The van der Waals surface area contributed by atoms with E-state index in [1.165, 1.54) is 0 Å². The topological polar surface area (TPSA) is 47.0 Å². The molecule has 4 nitrogen and oxygen atoms in total. The van der Waals surface area contributed by atoms with Crippen molar-refractivity contribution in [1.29, 1.82) is 0 Å². The van der Waals surface area contributed by atoms with Gasteiger partial charge in [-0.25, -0.2) is 9.97 Å². The molecular weight excluding hydrogens is 210 g/mol. The summed E-state index contributed by atoms with van der Waals surface area (Å²) in [6, 6.07) is 0. The minimum atomic E-state index is 0.558. The largest absolute Gasteiger partial charge is 0.379 e. The molecule has 0 amide bonds. The van der Waals surface area contributed by atoms with Crippen LogP contribution in [0.3, 0.4) is 0 Å². The quantitative estimate of drug-likeness (QED) is 0.792. The van der Waals surface area contributed by atoms with Crippen LogP contribution in [-0.2, 0) is 4.74 Å². The summed E-state index contributed by atoms with van der Waals surface area (Å²) in [6.45, 7) is 5.64. The van der Waals surface area contributed by atoms with E-state index in [1.54, 1.807) is 11.8 Å². The smallest absolute Gasteiger partial charge is 0.133 e. The van der Waals surface area contributed by atoms with Crippen LogP contribution in [-0.4, -0.2) is 35.5 Å². The van der Waals surface area contributed by atoms with Crippen molar-refractivity contribution in [2.45, 2.75) is 24.1 Å². The Morgan fingerprint density at radius 3 is 2.60 bits per heavy atom. The highest BCUT2D eigenvalue weighted by molar-refractivity contribution is 8.00. The fourth-order valence-corrected chi connectivity index (χ4v) is 2.50. The van der Waals surface area contributed by atoms with Gasteiger partial charge in [0.05, 0.1) is 18.5 Å². The van der Waals surface area contributed by atoms with Crippen molar-refractivity contribution < 1.29 is 4.74 Å². The summed E-state index contributed by atoms with van der Waals surface area (Å²) < 4.78 is 5.15. The molecule has 2 heterocycles. The number of hydrogen-bond acceptors (Lipinski definition) is 5. The van der Waals surface area contributed by atoms with Crippen LogP contribution in [0.4, 0.5) is 5.82 Å². The molecule has 2 rings (SSSR count). The normalized spacial score (nSPS) is 16.2. The standard InChI is InChI=1S/C10H15N3OS/c1-6-9(11-3)12-7(2)13-10(6)15-8-4-14-5-8/h8H,4-5H2,1-3H3,(H,11,12,13). The zero-order valence-corrected chi connectivity index (χ0v) is 10.0. The SMILES string of the molecule is CNc1nc(C)nc(SC2COC2)c1C. The van der Waals surface area contributed by atoms with E-state index in [2.05, 4.69) is 15.3 Å². The third kappa shape index (κ3) is 2.23. The summed E-state index contributed by atoms with van der Waals surface area (Å²) in [6.07, 6.45) is 0. The van der Waals surface area contributed by atoms with Crippen LogP contribution in [0.15, 0.2) is 5.03 Å². The van der Waals surface area contributed by atoms with Crippen LogP contribution in [0.1, 0.15) is 11.4 Å². The maximum atomic E-state index is 5.15. The average molecular weight is 225 g/mol. The van der Waals surface area contributed by atoms with E-state index in [1.807, 2.05) is 20.9 Å². The first kappa shape index (κ1) is 10.7. The van der Waals surface area contributed by atoms with E-state index < -0.39 is 0 Å². The first-order valence-corrected chi connectivity index (χ1v) is 5.86. The highest BCUT2D eigenvalue weighted by Crippen LogP contribution is 2.31. The maximum absolute atomic E-state index is 5.15. The molecule has 1 fully saturated rings. The third-order valence-electron chi connectivity index (χ3n) is 2.34. The van der Waals surface area contributed by atoms with Crippen LogP contribution in [0, 0.1) is 13.8 Å². The lowest BCUT2D eigenvalue weighted by molar-refractivity contribution is 0.0454. The summed E-state index contributed by atoms with van der Waals surface area (Å²) in [4.78, 5) is 8.80. The van der Waals surface area contributed by atoms with Gasteiger partial charge in [0.15, 0.2) is 0 Å². The van der Waals surface area contributed by atoms with E-state index in [0.29, 0.717) is 5.25 Å². The van der Waals surface area contributed by atoms with Gasteiger partial charge in [0.25, 0.3) is 0 Å². The van der Waals surface area contributed by atoms with Gasteiger partial charge in [-0.15, -0.1) is 0 Å². The third-order valence-corrected chi connectivity index (χ3v) is 3.56. The molecular formula is C10H15N3OS. The van der Waals surface area contributed by atoms with Crippen LogP contribution < -0.4 is 5.32 Å². The maximum Gasteiger partial charge on any atom is 0.133 e. The number of nitrogens with zero attached hydrogens (tertiary/aromatic N) is 2. The predicted molar refractivity (Wildman–Crippen MR) is 61.5 cm³/mol. The first-order valence-electron chi connectivity index (χ1n) is 4.98. The number of anilines is 1. The number of thioether (sulfide) groups is 1. The van der Waals surface area contributed by atoms with E-state index in [9.17, 15) is 0 Å². The molecule has 1 N–H and O–H groups in total. The zero-order chi connectivity index (χ0) is 10.8. The summed E-state index contributed by atoms with van der Waals surface area (Å²) in [7, 11) is 1.88. The van der Waals surface area contributed by atoms with Crippen molar-refractivity contribution in [2.24, 2.45) is 0 Å². The molecule has 0 atom stereocenters. The molecule has 0 saturated carbocycles. The van der Waals surface area contributed by atoms with Crippen LogP contribution in [0.25, 0.3) is 0 Å². The second-order valence-corrected chi connectivity index (χ2v) is 4.87. The molecule has 1 saturated heterocycles. The van der Waals surface area contributed by atoms with Gasteiger partial charge in [0.1, 0.15) is 16.7 Å². The van der Waals surface area contributed by atoms with Gasteiger partial charge in [-0.05, 0) is 13.8 Å². The van der Waals surface area contributed by atoms with Crippen LogP contribution in [0.5, 0.6) is 0 Å². The number of hydrogen-bond donors (Lipinski definition) is 1. The van der Waals surface area contributed by atoms with Crippen molar-refractivity contribution >= 4 is 17.6 Å². The molecule has 1 aromatic rings. The molecule has 1 aromatic heterocycles. The molecule has 5 heteroatoms. The van der Waals surface area contributed by atoms with E-state index in [4.69, 9.17) is 4.74 Å². The molecule has 15 heavy (non-hydrogen) atoms. The Bertz CT molecular complexity index is 366. The van der Waals surface area contributed by atoms with E-state index in [0.717, 1.165) is 35.4 Å². The number of aromatic nitrogens is 2. The summed E-state index contributed by atoms with van der Waals surface area (Å²) in [5.74, 6) is 1.73. The second kappa shape index (κ2) is 4.37. The lowest BCUT2D eigenvalue weighted by Gasteiger charge is -2.25. The number of rotatable bonds is 3. The molecule has 82 valence electrons. The fourth-order valence-electron chi connectivity index (χ4n) is 1.40. The Labute approximate surface area is 93.8 Å². The van der Waals surface area contributed by atoms with Gasteiger partial charge in [-0.2, -0.15) is 0 Å². The number of aryl methyl sites for hydroxylation is 1. The summed E-state index contributed by atoms with van der Waals surface area (Å²) in [5, 5.41) is 4.72. The summed E-state index contributed by atoms with van der Waals surface area (Å²) >= 11 is 1.78. The average Bonchev–Trinajstić information content (AvgIpc) is 2.16. The van der Waals surface area contributed by atoms with Crippen molar-refractivity contribution in [3.8, 4) is 0 Å².